The number of rotatable bonds is 1. The summed E-state index contributed by atoms with van der Waals surface area (Å²) in [6.45, 7) is 1.88. The molecule has 0 aliphatic heterocycles. The fourth-order valence-corrected chi connectivity index (χ4v) is 2.34. The van der Waals surface area contributed by atoms with E-state index in [4.69, 9.17) is 11.6 Å². The van der Waals surface area contributed by atoms with Crippen molar-refractivity contribution in [2.45, 2.75) is 6.92 Å². The molecule has 0 aliphatic carbocycles. The third kappa shape index (κ3) is 1.65. The van der Waals surface area contributed by atoms with E-state index < -0.39 is 0 Å². The van der Waals surface area contributed by atoms with Crippen molar-refractivity contribution in [3.63, 3.8) is 0 Å². The van der Waals surface area contributed by atoms with Crippen LogP contribution in [0.2, 0.25) is 4.47 Å². The SMILES string of the molecule is Cc1sc(Cl)nc1-c1ccccc1F. The highest BCUT2D eigenvalue weighted by Gasteiger charge is 2.11. The molecule has 0 unspecified atom stereocenters. The summed E-state index contributed by atoms with van der Waals surface area (Å²) < 4.78 is 13.8. The second-order valence-electron chi connectivity index (χ2n) is 2.85. The number of hydrogen-bond donors (Lipinski definition) is 0. The zero-order valence-corrected chi connectivity index (χ0v) is 8.99. The lowest BCUT2D eigenvalue weighted by atomic mass is 10.1. The van der Waals surface area contributed by atoms with Crippen LogP contribution in [0.25, 0.3) is 11.3 Å². The van der Waals surface area contributed by atoms with Gasteiger partial charge in [-0.25, -0.2) is 9.37 Å². The Balaban J connectivity index is 2.60. The van der Waals surface area contributed by atoms with Gasteiger partial charge in [0.05, 0.1) is 5.69 Å². The lowest BCUT2D eigenvalue weighted by molar-refractivity contribution is 0.631. The van der Waals surface area contributed by atoms with Crippen molar-refractivity contribution in [3.8, 4) is 11.3 Å². The summed E-state index contributed by atoms with van der Waals surface area (Å²) in [5, 5.41) is 0. The minimum atomic E-state index is -0.266. The predicted molar refractivity (Wildman–Crippen MR) is 57.3 cm³/mol. The van der Waals surface area contributed by atoms with Gasteiger partial charge in [0.25, 0.3) is 0 Å². The van der Waals surface area contributed by atoms with Crippen molar-refractivity contribution in [2.24, 2.45) is 0 Å². The summed E-state index contributed by atoms with van der Waals surface area (Å²) in [6, 6.07) is 6.56. The molecule has 2 rings (SSSR count). The highest BCUT2D eigenvalue weighted by molar-refractivity contribution is 7.16. The first-order valence-corrected chi connectivity index (χ1v) is 5.26. The summed E-state index contributed by atoms with van der Waals surface area (Å²) in [5.74, 6) is -0.266. The summed E-state index contributed by atoms with van der Waals surface area (Å²) >= 11 is 7.11. The maximum atomic E-state index is 13.4. The summed E-state index contributed by atoms with van der Waals surface area (Å²) in [7, 11) is 0. The van der Waals surface area contributed by atoms with Crippen LogP contribution < -0.4 is 0 Å². The number of benzene rings is 1. The van der Waals surface area contributed by atoms with E-state index in [1.807, 2.05) is 6.92 Å². The largest absolute Gasteiger partial charge is 0.225 e. The average Bonchev–Trinajstić information content (AvgIpc) is 2.46. The molecule has 0 atom stereocenters. The Morgan fingerprint density at radius 1 is 1.36 bits per heavy atom. The highest BCUT2D eigenvalue weighted by Crippen LogP contribution is 2.31. The standard InChI is InChI=1S/C10H7ClFNS/c1-6-9(13-10(11)14-6)7-4-2-3-5-8(7)12/h2-5H,1H3. The molecule has 1 aromatic heterocycles. The number of halogens is 2. The molecule has 4 heteroatoms. The molecule has 2 aromatic rings. The average molecular weight is 228 g/mol. The van der Waals surface area contributed by atoms with Gasteiger partial charge in [-0.2, -0.15) is 0 Å². The zero-order chi connectivity index (χ0) is 10.1. The van der Waals surface area contributed by atoms with E-state index in [9.17, 15) is 4.39 Å². The Morgan fingerprint density at radius 2 is 2.07 bits per heavy atom. The van der Waals surface area contributed by atoms with Gasteiger partial charge in [-0.1, -0.05) is 23.7 Å². The van der Waals surface area contributed by atoms with Crippen molar-refractivity contribution >= 4 is 22.9 Å². The van der Waals surface area contributed by atoms with Crippen molar-refractivity contribution < 1.29 is 4.39 Å². The monoisotopic (exact) mass is 227 g/mol. The Hall–Kier alpha value is -0.930. The van der Waals surface area contributed by atoms with Crippen molar-refractivity contribution in [3.05, 3.63) is 39.4 Å². The molecule has 72 valence electrons. The molecule has 1 heterocycles. The van der Waals surface area contributed by atoms with Gasteiger partial charge in [0, 0.05) is 10.4 Å². The molecular weight excluding hydrogens is 221 g/mol. The van der Waals surface area contributed by atoms with Gasteiger partial charge >= 0.3 is 0 Å². The quantitative estimate of drug-likeness (QED) is 0.720. The van der Waals surface area contributed by atoms with Crippen molar-refractivity contribution in [2.75, 3.05) is 0 Å². The minimum Gasteiger partial charge on any atom is -0.225 e. The normalized spacial score (nSPS) is 10.5. The van der Waals surface area contributed by atoms with E-state index in [2.05, 4.69) is 4.98 Å². The molecule has 0 bridgehead atoms. The van der Waals surface area contributed by atoms with Crippen LogP contribution in [0.15, 0.2) is 24.3 Å². The third-order valence-electron chi connectivity index (χ3n) is 1.90. The fourth-order valence-electron chi connectivity index (χ4n) is 1.27. The molecule has 0 fully saturated rings. The van der Waals surface area contributed by atoms with Crippen LogP contribution in [-0.2, 0) is 0 Å². The number of aromatic nitrogens is 1. The predicted octanol–water partition coefficient (Wildman–Crippen LogP) is 3.91. The summed E-state index contributed by atoms with van der Waals surface area (Å²) in [6.07, 6.45) is 0. The highest BCUT2D eigenvalue weighted by atomic mass is 35.5. The van der Waals surface area contributed by atoms with Gasteiger partial charge in [0.2, 0.25) is 0 Å². The van der Waals surface area contributed by atoms with Crippen LogP contribution in [-0.4, -0.2) is 4.98 Å². The van der Waals surface area contributed by atoms with Crippen LogP contribution in [0.3, 0.4) is 0 Å². The molecule has 0 N–H and O–H groups in total. The Bertz CT molecular complexity index is 467. The summed E-state index contributed by atoms with van der Waals surface area (Å²) in [4.78, 5) is 5.02. The molecule has 0 radical (unpaired) electrons. The molecule has 1 aromatic carbocycles. The van der Waals surface area contributed by atoms with Crippen molar-refractivity contribution in [1.29, 1.82) is 0 Å². The zero-order valence-electron chi connectivity index (χ0n) is 7.42. The number of hydrogen-bond acceptors (Lipinski definition) is 2. The smallest absolute Gasteiger partial charge is 0.184 e. The van der Waals surface area contributed by atoms with Gasteiger partial charge in [0.1, 0.15) is 5.82 Å². The topological polar surface area (TPSA) is 12.9 Å². The number of aryl methyl sites for hydroxylation is 1. The van der Waals surface area contributed by atoms with Crippen molar-refractivity contribution in [1.82, 2.24) is 4.98 Å². The first kappa shape index (κ1) is 9.62. The molecule has 0 saturated heterocycles. The molecule has 0 saturated carbocycles. The maximum Gasteiger partial charge on any atom is 0.184 e. The van der Waals surface area contributed by atoms with E-state index in [0.717, 1.165) is 4.88 Å². The van der Waals surface area contributed by atoms with Crippen LogP contribution in [0, 0.1) is 12.7 Å². The second-order valence-corrected chi connectivity index (χ2v) is 4.64. The lowest BCUT2D eigenvalue weighted by Crippen LogP contribution is -1.85. The number of nitrogens with zero attached hydrogens (tertiary/aromatic N) is 1. The summed E-state index contributed by atoms with van der Waals surface area (Å²) in [5.41, 5.74) is 1.14. The van der Waals surface area contributed by atoms with Gasteiger partial charge in [-0.3, -0.25) is 0 Å². The van der Waals surface area contributed by atoms with E-state index in [0.29, 0.717) is 15.7 Å². The van der Waals surface area contributed by atoms with E-state index >= 15 is 0 Å². The van der Waals surface area contributed by atoms with Crippen LogP contribution in [0.1, 0.15) is 4.88 Å². The van der Waals surface area contributed by atoms with Crippen LogP contribution >= 0.6 is 22.9 Å². The maximum absolute atomic E-state index is 13.4. The van der Waals surface area contributed by atoms with E-state index in [1.54, 1.807) is 18.2 Å². The van der Waals surface area contributed by atoms with Gasteiger partial charge < -0.3 is 0 Å². The Morgan fingerprint density at radius 3 is 2.64 bits per heavy atom. The van der Waals surface area contributed by atoms with E-state index in [1.165, 1.54) is 17.4 Å². The second kappa shape index (κ2) is 3.67. The Labute approximate surface area is 90.2 Å². The molecule has 1 nitrogen and oxygen atoms in total. The molecular formula is C10H7ClFNS. The van der Waals surface area contributed by atoms with Crippen LogP contribution in [0.5, 0.6) is 0 Å². The molecule has 0 aliphatic rings. The lowest BCUT2D eigenvalue weighted by Gasteiger charge is -1.99. The third-order valence-corrected chi connectivity index (χ3v) is 2.97. The minimum absolute atomic E-state index is 0.266. The molecule has 0 amide bonds. The van der Waals surface area contributed by atoms with Gasteiger partial charge in [-0.05, 0) is 19.1 Å². The first-order valence-electron chi connectivity index (χ1n) is 4.06. The fraction of sp³-hybridized carbons (Fsp3) is 0.100. The number of thiazole rings is 1. The molecule has 14 heavy (non-hydrogen) atoms. The van der Waals surface area contributed by atoms with Crippen LogP contribution in [0.4, 0.5) is 4.39 Å². The van der Waals surface area contributed by atoms with Gasteiger partial charge in [0.15, 0.2) is 4.47 Å². The molecule has 0 spiro atoms. The Kier molecular flexibility index (Phi) is 2.52. The van der Waals surface area contributed by atoms with Gasteiger partial charge in [-0.15, -0.1) is 11.3 Å². The first-order chi connectivity index (χ1) is 6.68. The van der Waals surface area contributed by atoms with E-state index in [-0.39, 0.29) is 5.82 Å².